The minimum absolute atomic E-state index is 0.409. The van der Waals surface area contributed by atoms with Crippen molar-refractivity contribution < 1.29 is 0 Å². The first-order valence-electron chi connectivity index (χ1n) is 3.85. The van der Waals surface area contributed by atoms with E-state index >= 15 is 0 Å². The molecule has 1 rings (SSSR count). The van der Waals surface area contributed by atoms with Crippen LogP contribution in [-0.2, 0) is 0 Å². The zero-order chi connectivity index (χ0) is 6.91. The van der Waals surface area contributed by atoms with Gasteiger partial charge >= 0.3 is 0 Å². The Morgan fingerprint density at radius 1 is 1.44 bits per heavy atom. The fraction of sp³-hybridized carbons (Fsp3) is 1.00. The summed E-state index contributed by atoms with van der Waals surface area (Å²) >= 11 is 0. The van der Waals surface area contributed by atoms with Crippen LogP contribution < -0.4 is 5.32 Å². The summed E-state index contributed by atoms with van der Waals surface area (Å²) in [5, 5.41) is 3.51. The van der Waals surface area contributed by atoms with Crippen LogP contribution in [0.2, 0.25) is 0 Å². The van der Waals surface area contributed by atoms with E-state index in [1.54, 1.807) is 0 Å². The van der Waals surface area contributed by atoms with Gasteiger partial charge in [-0.2, -0.15) is 0 Å². The average molecular weight is 127 g/mol. The highest BCUT2D eigenvalue weighted by Gasteiger charge is 2.22. The molecule has 0 aromatic rings. The van der Waals surface area contributed by atoms with Gasteiger partial charge in [0.25, 0.3) is 0 Å². The van der Waals surface area contributed by atoms with Crippen LogP contribution in [0, 0.1) is 5.92 Å². The van der Waals surface area contributed by atoms with Gasteiger partial charge in [-0.25, -0.2) is 0 Å². The summed E-state index contributed by atoms with van der Waals surface area (Å²) < 4.78 is 0. The molecule has 9 heavy (non-hydrogen) atoms. The molecule has 1 fully saturated rings. The Kier molecular flexibility index (Phi) is 1.80. The van der Waals surface area contributed by atoms with Crippen molar-refractivity contribution >= 4 is 0 Å². The lowest BCUT2D eigenvalue weighted by molar-refractivity contribution is 0.253. The summed E-state index contributed by atoms with van der Waals surface area (Å²) in [7, 11) is 0. The first-order chi connectivity index (χ1) is 4.10. The molecule has 1 aliphatic heterocycles. The van der Waals surface area contributed by atoms with E-state index in [0.29, 0.717) is 5.54 Å². The molecule has 0 aromatic heterocycles. The maximum Gasteiger partial charge on any atom is 0.0125 e. The van der Waals surface area contributed by atoms with Crippen LogP contribution in [0.4, 0.5) is 0 Å². The highest BCUT2D eigenvalue weighted by Crippen LogP contribution is 2.20. The smallest absolute Gasteiger partial charge is 0.0125 e. The second kappa shape index (κ2) is 2.30. The molecule has 1 nitrogen and oxygen atoms in total. The van der Waals surface area contributed by atoms with E-state index in [-0.39, 0.29) is 0 Å². The summed E-state index contributed by atoms with van der Waals surface area (Å²) in [5.41, 5.74) is 0.409. The van der Waals surface area contributed by atoms with Crippen LogP contribution in [0.3, 0.4) is 0 Å². The molecule has 0 spiro atoms. The van der Waals surface area contributed by atoms with Crippen molar-refractivity contribution in [2.24, 2.45) is 5.92 Å². The molecule has 1 N–H and O–H groups in total. The highest BCUT2D eigenvalue weighted by atomic mass is 15.0. The summed E-state index contributed by atoms with van der Waals surface area (Å²) in [5.74, 6) is 0.887. The topological polar surface area (TPSA) is 12.0 Å². The molecule has 0 aromatic carbocycles. The van der Waals surface area contributed by atoms with Crippen molar-refractivity contribution in [2.75, 3.05) is 6.54 Å². The summed E-state index contributed by atoms with van der Waals surface area (Å²) in [6, 6.07) is 0. The van der Waals surface area contributed by atoms with Crippen LogP contribution >= 0.6 is 0 Å². The zero-order valence-electron chi connectivity index (χ0n) is 6.70. The van der Waals surface area contributed by atoms with Gasteiger partial charge in [-0.3, -0.25) is 0 Å². The van der Waals surface area contributed by atoms with Crippen LogP contribution in [0.5, 0.6) is 0 Å². The van der Waals surface area contributed by atoms with E-state index in [2.05, 4.69) is 26.1 Å². The third-order valence-corrected chi connectivity index (χ3v) is 2.19. The van der Waals surface area contributed by atoms with Crippen LogP contribution in [0.15, 0.2) is 0 Å². The van der Waals surface area contributed by atoms with Gasteiger partial charge in [-0.1, -0.05) is 6.92 Å². The maximum absolute atomic E-state index is 3.51. The minimum atomic E-state index is 0.409. The predicted molar refractivity (Wildman–Crippen MR) is 40.5 cm³/mol. The Hall–Kier alpha value is -0.0400. The predicted octanol–water partition coefficient (Wildman–Crippen LogP) is 1.78. The maximum atomic E-state index is 3.51. The van der Waals surface area contributed by atoms with Crippen molar-refractivity contribution in [3.8, 4) is 0 Å². The third-order valence-electron chi connectivity index (χ3n) is 2.19. The second-order valence-corrected chi connectivity index (χ2v) is 3.91. The molecule has 0 aliphatic carbocycles. The van der Waals surface area contributed by atoms with Gasteiger partial charge in [0.05, 0.1) is 0 Å². The van der Waals surface area contributed by atoms with Crippen molar-refractivity contribution in [3.63, 3.8) is 0 Å². The Balaban J connectivity index is 2.35. The normalized spacial score (nSPS) is 34.3. The fourth-order valence-corrected chi connectivity index (χ4v) is 1.25. The fourth-order valence-electron chi connectivity index (χ4n) is 1.25. The van der Waals surface area contributed by atoms with Gasteiger partial charge in [0.15, 0.2) is 0 Å². The molecule has 1 heteroatoms. The van der Waals surface area contributed by atoms with Crippen LogP contribution in [-0.4, -0.2) is 12.1 Å². The number of nitrogens with one attached hydrogen (secondary N) is 1. The largest absolute Gasteiger partial charge is 0.312 e. The molecular formula is C8H17N. The van der Waals surface area contributed by atoms with E-state index in [4.69, 9.17) is 0 Å². The number of piperidine rings is 1. The molecule has 1 aliphatic rings. The van der Waals surface area contributed by atoms with Crippen molar-refractivity contribution in [3.05, 3.63) is 0 Å². The lowest BCUT2D eigenvalue weighted by Gasteiger charge is -2.34. The molecule has 54 valence electrons. The van der Waals surface area contributed by atoms with E-state index in [9.17, 15) is 0 Å². The van der Waals surface area contributed by atoms with Gasteiger partial charge in [-0.15, -0.1) is 0 Å². The molecule has 0 radical (unpaired) electrons. The van der Waals surface area contributed by atoms with Gasteiger partial charge in [-0.05, 0) is 39.2 Å². The van der Waals surface area contributed by atoms with Crippen LogP contribution in [0.1, 0.15) is 33.6 Å². The molecule has 1 atom stereocenters. The van der Waals surface area contributed by atoms with E-state index in [1.807, 2.05) is 0 Å². The van der Waals surface area contributed by atoms with Crippen molar-refractivity contribution in [1.29, 1.82) is 0 Å². The first kappa shape index (κ1) is 7.07. The van der Waals surface area contributed by atoms with E-state index in [0.717, 1.165) is 5.92 Å². The lowest BCUT2D eigenvalue weighted by atomic mass is 9.88. The summed E-state index contributed by atoms with van der Waals surface area (Å²) in [6.45, 7) is 8.06. The van der Waals surface area contributed by atoms with Crippen molar-refractivity contribution in [1.82, 2.24) is 5.32 Å². The summed E-state index contributed by atoms with van der Waals surface area (Å²) in [6.07, 6.45) is 2.72. The van der Waals surface area contributed by atoms with Gasteiger partial charge in [0, 0.05) is 5.54 Å². The summed E-state index contributed by atoms with van der Waals surface area (Å²) in [4.78, 5) is 0. The number of rotatable bonds is 0. The van der Waals surface area contributed by atoms with E-state index in [1.165, 1.54) is 19.4 Å². The number of hydrogen-bond acceptors (Lipinski definition) is 1. The Labute approximate surface area is 57.8 Å². The minimum Gasteiger partial charge on any atom is -0.312 e. The average Bonchev–Trinajstić information content (AvgIpc) is 1.78. The molecule has 0 saturated carbocycles. The van der Waals surface area contributed by atoms with Crippen LogP contribution in [0.25, 0.3) is 0 Å². The van der Waals surface area contributed by atoms with Gasteiger partial charge < -0.3 is 5.32 Å². The Morgan fingerprint density at radius 2 is 2.11 bits per heavy atom. The molecule has 0 bridgehead atoms. The molecule has 1 saturated heterocycles. The van der Waals surface area contributed by atoms with Gasteiger partial charge in [0.1, 0.15) is 0 Å². The Bertz CT molecular complexity index is 86.7. The Morgan fingerprint density at radius 3 is 2.44 bits per heavy atom. The monoisotopic (exact) mass is 127 g/mol. The third kappa shape index (κ3) is 1.98. The van der Waals surface area contributed by atoms with Gasteiger partial charge in [0.2, 0.25) is 0 Å². The highest BCUT2D eigenvalue weighted by molar-refractivity contribution is 4.83. The zero-order valence-corrected chi connectivity index (χ0v) is 6.70. The number of hydrogen-bond donors (Lipinski definition) is 1. The molecule has 1 heterocycles. The van der Waals surface area contributed by atoms with Crippen molar-refractivity contribution in [2.45, 2.75) is 39.2 Å². The molecular weight excluding hydrogens is 110 g/mol. The lowest BCUT2D eigenvalue weighted by Crippen LogP contribution is -2.45. The SMILES string of the molecule is C[C@H]1CCC(C)(C)NC1. The molecule has 0 amide bonds. The quantitative estimate of drug-likeness (QED) is 0.523. The first-order valence-corrected chi connectivity index (χ1v) is 3.85. The standard InChI is InChI=1S/C8H17N/c1-7-4-5-8(2,3)9-6-7/h7,9H,4-6H2,1-3H3/t7-/m0/s1. The molecule has 0 unspecified atom stereocenters. The second-order valence-electron chi connectivity index (χ2n) is 3.91. The van der Waals surface area contributed by atoms with E-state index < -0.39 is 0 Å².